The molecule has 0 fully saturated rings. The standard InChI is InChI=1S/C11H17N2O3/c1-3-13(16,4-2)8-10-5-6-11(9-14)12(15)7-10/h5-7,9,16H,3-4,8H2,1-2H3/q+1. The van der Waals surface area contributed by atoms with Crippen LogP contribution < -0.4 is 4.73 Å². The number of hydroxylamine groups is 3. The van der Waals surface area contributed by atoms with Crippen molar-refractivity contribution in [1.29, 1.82) is 0 Å². The fourth-order valence-corrected chi connectivity index (χ4v) is 1.51. The van der Waals surface area contributed by atoms with Crippen LogP contribution in [0.3, 0.4) is 0 Å². The largest absolute Gasteiger partial charge is 0.618 e. The summed E-state index contributed by atoms with van der Waals surface area (Å²) in [7, 11) is 0. The lowest BCUT2D eigenvalue weighted by Gasteiger charge is -2.26. The molecule has 0 saturated heterocycles. The number of aromatic nitrogens is 1. The minimum atomic E-state index is -0.111. The third kappa shape index (κ3) is 2.77. The zero-order valence-corrected chi connectivity index (χ0v) is 9.59. The van der Waals surface area contributed by atoms with E-state index >= 15 is 0 Å². The Balaban J connectivity index is 2.90. The highest BCUT2D eigenvalue weighted by molar-refractivity contribution is 5.69. The van der Waals surface area contributed by atoms with Gasteiger partial charge in [-0.2, -0.15) is 9.38 Å². The molecule has 0 aliphatic heterocycles. The molecule has 1 aromatic heterocycles. The molecule has 5 heteroatoms. The van der Waals surface area contributed by atoms with Gasteiger partial charge in [0.2, 0.25) is 6.29 Å². The maximum atomic E-state index is 11.3. The van der Waals surface area contributed by atoms with E-state index in [1.807, 2.05) is 13.8 Å². The number of hydrogen-bond acceptors (Lipinski definition) is 3. The molecule has 0 unspecified atom stereocenters. The first-order chi connectivity index (χ1) is 7.54. The third-order valence-corrected chi connectivity index (χ3v) is 2.78. The Morgan fingerprint density at radius 2 is 2.06 bits per heavy atom. The number of carbonyl (C=O) groups excluding carboxylic acids is 1. The van der Waals surface area contributed by atoms with Crippen molar-refractivity contribution in [2.24, 2.45) is 0 Å². The van der Waals surface area contributed by atoms with Crippen molar-refractivity contribution >= 4 is 6.29 Å². The van der Waals surface area contributed by atoms with Gasteiger partial charge in [-0.15, -0.1) is 0 Å². The second kappa shape index (κ2) is 5.05. The fourth-order valence-electron chi connectivity index (χ4n) is 1.51. The molecule has 0 atom stereocenters. The summed E-state index contributed by atoms with van der Waals surface area (Å²) in [6.07, 6.45) is 1.84. The number of quaternary nitrogens is 1. The maximum Gasteiger partial charge on any atom is 0.256 e. The lowest BCUT2D eigenvalue weighted by molar-refractivity contribution is -1.11. The van der Waals surface area contributed by atoms with E-state index in [4.69, 9.17) is 0 Å². The molecule has 1 aromatic rings. The summed E-state index contributed by atoms with van der Waals surface area (Å²) in [5.74, 6) is 0. The highest BCUT2D eigenvalue weighted by Crippen LogP contribution is 2.09. The first-order valence-electron chi connectivity index (χ1n) is 5.30. The monoisotopic (exact) mass is 225 g/mol. The molecular weight excluding hydrogens is 208 g/mol. The number of hydrogen-bond donors (Lipinski definition) is 1. The van der Waals surface area contributed by atoms with Crippen LogP contribution >= 0.6 is 0 Å². The van der Waals surface area contributed by atoms with Crippen LogP contribution in [0.1, 0.15) is 29.9 Å². The lowest BCUT2D eigenvalue weighted by Crippen LogP contribution is -2.44. The van der Waals surface area contributed by atoms with Crippen LogP contribution in [0.25, 0.3) is 0 Å². The number of pyridine rings is 1. The Labute approximate surface area is 94.7 Å². The summed E-state index contributed by atoms with van der Waals surface area (Å²) >= 11 is 0. The van der Waals surface area contributed by atoms with Crippen molar-refractivity contribution in [3.63, 3.8) is 0 Å². The van der Waals surface area contributed by atoms with Gasteiger partial charge in [0.25, 0.3) is 5.69 Å². The predicted molar refractivity (Wildman–Crippen MR) is 57.6 cm³/mol. The van der Waals surface area contributed by atoms with E-state index < -0.39 is 0 Å². The van der Waals surface area contributed by atoms with Crippen LogP contribution in [0.15, 0.2) is 18.3 Å². The van der Waals surface area contributed by atoms with E-state index in [2.05, 4.69) is 0 Å². The van der Waals surface area contributed by atoms with Crippen molar-refractivity contribution in [2.45, 2.75) is 20.4 Å². The Bertz CT molecular complexity index is 375. The molecule has 0 aromatic carbocycles. The van der Waals surface area contributed by atoms with E-state index in [0.717, 1.165) is 0 Å². The smallest absolute Gasteiger partial charge is 0.256 e. The van der Waals surface area contributed by atoms with Gasteiger partial charge in [0.1, 0.15) is 19.6 Å². The highest BCUT2D eigenvalue weighted by Gasteiger charge is 2.22. The summed E-state index contributed by atoms with van der Waals surface area (Å²) in [5, 5.41) is 21.4. The molecule has 0 spiro atoms. The second-order valence-electron chi connectivity index (χ2n) is 3.79. The van der Waals surface area contributed by atoms with E-state index in [9.17, 15) is 15.2 Å². The Kier molecular flexibility index (Phi) is 3.98. The molecule has 0 bridgehead atoms. The van der Waals surface area contributed by atoms with Gasteiger partial charge < -0.3 is 5.21 Å². The third-order valence-electron chi connectivity index (χ3n) is 2.78. The van der Waals surface area contributed by atoms with Crippen molar-refractivity contribution in [3.05, 3.63) is 34.8 Å². The van der Waals surface area contributed by atoms with Gasteiger partial charge in [0.15, 0.2) is 6.20 Å². The van der Waals surface area contributed by atoms with Crippen LogP contribution in [0.2, 0.25) is 0 Å². The van der Waals surface area contributed by atoms with Crippen LogP contribution in [0.4, 0.5) is 0 Å². The number of nitrogens with zero attached hydrogens (tertiary/aromatic N) is 2. The van der Waals surface area contributed by atoms with Gasteiger partial charge in [-0.05, 0) is 19.9 Å². The normalized spacial score (nSPS) is 11.4. The zero-order chi connectivity index (χ0) is 12.2. The van der Waals surface area contributed by atoms with Crippen LogP contribution in [0, 0.1) is 5.21 Å². The van der Waals surface area contributed by atoms with Crippen LogP contribution in [-0.4, -0.2) is 29.2 Å². The van der Waals surface area contributed by atoms with Crippen molar-refractivity contribution < 1.29 is 19.4 Å². The lowest BCUT2D eigenvalue weighted by atomic mass is 10.2. The van der Waals surface area contributed by atoms with Gasteiger partial charge >= 0.3 is 0 Å². The summed E-state index contributed by atoms with van der Waals surface area (Å²) in [4.78, 5) is 10.5. The molecule has 5 nitrogen and oxygen atoms in total. The molecule has 0 radical (unpaired) electrons. The molecule has 1 heterocycles. The number of aldehydes is 1. The minimum absolute atomic E-state index is 0.0767. The van der Waals surface area contributed by atoms with E-state index in [1.165, 1.54) is 12.3 Å². The van der Waals surface area contributed by atoms with Crippen molar-refractivity contribution in [2.75, 3.05) is 13.1 Å². The van der Waals surface area contributed by atoms with Gasteiger partial charge in [-0.25, -0.2) is 5.21 Å². The van der Waals surface area contributed by atoms with E-state index in [0.29, 0.717) is 36.2 Å². The SMILES string of the molecule is CC[N+](O)(CC)Cc1ccc(C=O)[n+]([O-])c1. The second-order valence-corrected chi connectivity index (χ2v) is 3.79. The Morgan fingerprint density at radius 1 is 1.44 bits per heavy atom. The fraction of sp³-hybridized carbons (Fsp3) is 0.455. The van der Waals surface area contributed by atoms with Crippen LogP contribution in [-0.2, 0) is 6.54 Å². The first kappa shape index (κ1) is 12.6. The molecule has 0 amide bonds. The zero-order valence-electron chi connectivity index (χ0n) is 9.59. The summed E-state index contributed by atoms with van der Waals surface area (Å²) in [5.41, 5.74) is 0.791. The topological polar surface area (TPSA) is 64.2 Å². The Hall–Kier alpha value is -1.46. The summed E-state index contributed by atoms with van der Waals surface area (Å²) < 4.78 is 0.415. The molecule has 0 aliphatic rings. The quantitative estimate of drug-likeness (QED) is 0.266. The van der Waals surface area contributed by atoms with Gasteiger partial charge in [-0.1, -0.05) is 0 Å². The van der Waals surface area contributed by atoms with Crippen molar-refractivity contribution in [1.82, 2.24) is 0 Å². The molecule has 1 N–H and O–H groups in total. The van der Waals surface area contributed by atoms with Gasteiger partial charge in [-0.3, -0.25) is 4.79 Å². The van der Waals surface area contributed by atoms with E-state index in [1.54, 1.807) is 6.07 Å². The highest BCUT2D eigenvalue weighted by atomic mass is 16.5. The minimum Gasteiger partial charge on any atom is -0.618 e. The molecule has 0 aliphatic carbocycles. The molecule has 88 valence electrons. The summed E-state index contributed by atoms with van der Waals surface area (Å²) in [6, 6.07) is 3.15. The van der Waals surface area contributed by atoms with E-state index in [-0.39, 0.29) is 10.3 Å². The molecule has 1 rings (SSSR count). The molecular formula is C11H17N2O3+. The van der Waals surface area contributed by atoms with Crippen molar-refractivity contribution in [3.8, 4) is 0 Å². The van der Waals surface area contributed by atoms with Gasteiger partial charge in [0, 0.05) is 6.07 Å². The number of carbonyl (C=O) groups is 1. The maximum absolute atomic E-state index is 11.3. The average Bonchev–Trinajstić information content (AvgIpc) is 2.29. The van der Waals surface area contributed by atoms with Gasteiger partial charge in [0.05, 0.1) is 5.56 Å². The average molecular weight is 225 g/mol. The summed E-state index contributed by atoms with van der Waals surface area (Å²) in [6.45, 7) is 5.28. The Morgan fingerprint density at radius 3 is 2.50 bits per heavy atom. The number of rotatable bonds is 5. The predicted octanol–water partition coefficient (Wildman–Crippen LogP) is 0.878. The molecule has 0 saturated carbocycles. The van der Waals surface area contributed by atoms with Crippen LogP contribution in [0.5, 0.6) is 0 Å². The first-order valence-corrected chi connectivity index (χ1v) is 5.30. The molecule has 16 heavy (non-hydrogen) atoms.